The molecule has 3 rings (SSSR count). The van der Waals surface area contributed by atoms with Crippen molar-refractivity contribution in [2.24, 2.45) is 5.41 Å². The molecule has 0 spiro atoms. The van der Waals surface area contributed by atoms with Crippen LogP contribution in [0.15, 0.2) is 54.6 Å². The Morgan fingerprint density at radius 1 is 1.07 bits per heavy atom. The summed E-state index contributed by atoms with van der Waals surface area (Å²) in [7, 11) is 1.61. The third-order valence-electron chi connectivity index (χ3n) is 5.11. The second-order valence-electron chi connectivity index (χ2n) is 6.88. The van der Waals surface area contributed by atoms with E-state index in [-0.39, 0.29) is 11.8 Å². The number of carbonyl (C=O) groups excluding carboxylic acids is 2. The van der Waals surface area contributed by atoms with Crippen molar-refractivity contribution in [3.63, 3.8) is 0 Å². The van der Waals surface area contributed by atoms with Gasteiger partial charge in [0, 0.05) is 25.2 Å². The van der Waals surface area contributed by atoms with Crippen molar-refractivity contribution in [3.8, 4) is 5.75 Å². The van der Waals surface area contributed by atoms with Crippen LogP contribution in [-0.4, -0.2) is 30.4 Å². The van der Waals surface area contributed by atoms with Gasteiger partial charge < -0.3 is 15.0 Å². The van der Waals surface area contributed by atoms with Crippen molar-refractivity contribution in [3.05, 3.63) is 65.7 Å². The minimum Gasteiger partial charge on any atom is -0.496 e. The number of ether oxygens (including phenoxy) is 1. The Bertz CT molecular complexity index is 800. The standard InChI is InChI=1S/C22H26N2O3/c1-3-24(16-17-9-5-4-6-10-17)21(26)22(13-14-22)20(25)23-15-18-11-7-8-12-19(18)27-2/h4-12H,3,13-16H2,1-2H3,(H,23,25). The minimum atomic E-state index is -0.910. The van der Waals surface area contributed by atoms with E-state index in [0.717, 1.165) is 16.9 Å². The Morgan fingerprint density at radius 2 is 1.74 bits per heavy atom. The Hall–Kier alpha value is -2.82. The summed E-state index contributed by atoms with van der Waals surface area (Å²) in [4.78, 5) is 27.7. The third kappa shape index (κ3) is 4.13. The molecule has 0 radical (unpaired) electrons. The molecular formula is C22H26N2O3. The summed E-state index contributed by atoms with van der Waals surface area (Å²) in [6, 6.07) is 17.4. The summed E-state index contributed by atoms with van der Waals surface area (Å²) in [5, 5.41) is 2.93. The van der Waals surface area contributed by atoms with Gasteiger partial charge in [0.25, 0.3) is 0 Å². The Kier molecular flexibility index (Phi) is 5.79. The predicted octanol–water partition coefficient (Wildman–Crippen LogP) is 3.14. The number of rotatable bonds is 8. The van der Waals surface area contributed by atoms with Crippen molar-refractivity contribution in [1.82, 2.24) is 10.2 Å². The van der Waals surface area contributed by atoms with Gasteiger partial charge in [-0.2, -0.15) is 0 Å². The first-order valence-electron chi connectivity index (χ1n) is 9.34. The van der Waals surface area contributed by atoms with Gasteiger partial charge in [-0.1, -0.05) is 48.5 Å². The largest absolute Gasteiger partial charge is 0.496 e. The highest BCUT2D eigenvalue weighted by Crippen LogP contribution is 2.47. The fourth-order valence-corrected chi connectivity index (χ4v) is 3.29. The van der Waals surface area contributed by atoms with Crippen molar-refractivity contribution in [2.45, 2.75) is 32.9 Å². The summed E-state index contributed by atoms with van der Waals surface area (Å²) in [5.74, 6) is 0.463. The second-order valence-corrected chi connectivity index (χ2v) is 6.88. The summed E-state index contributed by atoms with van der Waals surface area (Å²) < 4.78 is 5.32. The van der Waals surface area contributed by atoms with Gasteiger partial charge in [0.05, 0.1) is 7.11 Å². The molecule has 27 heavy (non-hydrogen) atoms. The first kappa shape index (κ1) is 19.0. The van der Waals surface area contributed by atoms with E-state index in [1.165, 1.54) is 0 Å². The molecule has 142 valence electrons. The zero-order valence-corrected chi connectivity index (χ0v) is 15.9. The van der Waals surface area contributed by atoms with E-state index >= 15 is 0 Å². The lowest BCUT2D eigenvalue weighted by atomic mass is 10.0. The van der Waals surface area contributed by atoms with Gasteiger partial charge in [-0.15, -0.1) is 0 Å². The molecule has 0 atom stereocenters. The molecule has 1 aliphatic carbocycles. The first-order chi connectivity index (χ1) is 13.1. The van der Waals surface area contributed by atoms with Crippen LogP contribution < -0.4 is 10.1 Å². The van der Waals surface area contributed by atoms with Crippen molar-refractivity contribution in [1.29, 1.82) is 0 Å². The highest BCUT2D eigenvalue weighted by molar-refractivity contribution is 6.07. The minimum absolute atomic E-state index is 0.0774. The smallest absolute Gasteiger partial charge is 0.238 e. The quantitative estimate of drug-likeness (QED) is 0.730. The van der Waals surface area contributed by atoms with Gasteiger partial charge in [0.1, 0.15) is 11.2 Å². The van der Waals surface area contributed by atoms with Gasteiger partial charge in [0.15, 0.2) is 0 Å². The van der Waals surface area contributed by atoms with Gasteiger partial charge in [-0.05, 0) is 31.4 Å². The fourth-order valence-electron chi connectivity index (χ4n) is 3.29. The molecule has 0 aromatic heterocycles. The van der Waals surface area contributed by atoms with Crippen LogP contribution in [0.3, 0.4) is 0 Å². The van der Waals surface area contributed by atoms with Crippen LogP contribution in [0, 0.1) is 5.41 Å². The van der Waals surface area contributed by atoms with Crippen molar-refractivity contribution < 1.29 is 14.3 Å². The summed E-state index contributed by atoms with van der Waals surface area (Å²) in [6.07, 6.45) is 1.21. The lowest BCUT2D eigenvalue weighted by molar-refractivity contribution is -0.144. The molecule has 0 bridgehead atoms. The Balaban J connectivity index is 1.65. The summed E-state index contributed by atoms with van der Waals surface area (Å²) in [6.45, 7) is 3.40. The van der Waals surface area contributed by atoms with E-state index in [1.54, 1.807) is 12.0 Å². The lowest BCUT2D eigenvalue weighted by Gasteiger charge is -2.26. The normalized spacial score (nSPS) is 14.3. The molecule has 5 heteroatoms. The van der Waals surface area contributed by atoms with E-state index in [9.17, 15) is 9.59 Å². The van der Waals surface area contributed by atoms with E-state index in [2.05, 4.69) is 5.32 Å². The maximum absolute atomic E-state index is 13.1. The molecule has 0 aliphatic heterocycles. The first-order valence-corrected chi connectivity index (χ1v) is 9.34. The number of amides is 2. The van der Waals surface area contributed by atoms with E-state index in [0.29, 0.717) is 32.5 Å². The molecule has 0 unspecified atom stereocenters. The molecule has 1 saturated carbocycles. The highest BCUT2D eigenvalue weighted by Gasteiger charge is 2.57. The second kappa shape index (κ2) is 8.25. The molecule has 0 saturated heterocycles. The summed E-state index contributed by atoms with van der Waals surface area (Å²) >= 11 is 0. The lowest BCUT2D eigenvalue weighted by Crippen LogP contribution is -2.44. The Morgan fingerprint density at radius 3 is 2.37 bits per heavy atom. The number of carbonyl (C=O) groups is 2. The maximum Gasteiger partial charge on any atom is 0.238 e. The number of hydrogen-bond acceptors (Lipinski definition) is 3. The van der Waals surface area contributed by atoms with E-state index in [1.807, 2.05) is 61.5 Å². The van der Waals surface area contributed by atoms with Gasteiger partial charge in [-0.3, -0.25) is 9.59 Å². The molecule has 1 aliphatic rings. The van der Waals surface area contributed by atoms with Gasteiger partial charge in [0.2, 0.25) is 11.8 Å². The van der Waals surface area contributed by atoms with Crippen LogP contribution in [0.5, 0.6) is 5.75 Å². The van der Waals surface area contributed by atoms with Crippen molar-refractivity contribution >= 4 is 11.8 Å². The number of methoxy groups -OCH3 is 1. The fraction of sp³-hybridized carbons (Fsp3) is 0.364. The van der Waals surface area contributed by atoms with Crippen LogP contribution >= 0.6 is 0 Å². The monoisotopic (exact) mass is 366 g/mol. The van der Waals surface area contributed by atoms with E-state index in [4.69, 9.17) is 4.74 Å². The molecule has 2 aromatic carbocycles. The molecule has 2 amide bonds. The molecular weight excluding hydrogens is 340 g/mol. The number of nitrogens with zero attached hydrogens (tertiary/aromatic N) is 1. The van der Waals surface area contributed by atoms with Crippen LogP contribution in [0.4, 0.5) is 0 Å². The topological polar surface area (TPSA) is 58.6 Å². The SMILES string of the molecule is CCN(Cc1ccccc1)C(=O)C1(C(=O)NCc2ccccc2OC)CC1. The molecule has 0 heterocycles. The van der Waals surface area contributed by atoms with Crippen LogP contribution in [0.2, 0.25) is 0 Å². The zero-order valence-electron chi connectivity index (χ0n) is 15.9. The molecule has 1 fully saturated rings. The van der Waals surface area contributed by atoms with Crippen LogP contribution in [0.25, 0.3) is 0 Å². The third-order valence-corrected chi connectivity index (χ3v) is 5.11. The maximum atomic E-state index is 13.1. The average Bonchev–Trinajstić information content (AvgIpc) is 3.52. The zero-order chi connectivity index (χ0) is 19.3. The number of benzene rings is 2. The molecule has 1 N–H and O–H groups in total. The van der Waals surface area contributed by atoms with Crippen LogP contribution in [-0.2, 0) is 22.7 Å². The van der Waals surface area contributed by atoms with Gasteiger partial charge >= 0.3 is 0 Å². The number of para-hydroxylation sites is 1. The van der Waals surface area contributed by atoms with E-state index < -0.39 is 5.41 Å². The molecule has 5 nitrogen and oxygen atoms in total. The Labute approximate surface area is 160 Å². The molecule has 2 aromatic rings. The number of hydrogen-bond donors (Lipinski definition) is 1. The van der Waals surface area contributed by atoms with Gasteiger partial charge in [-0.25, -0.2) is 0 Å². The van der Waals surface area contributed by atoms with Crippen molar-refractivity contribution in [2.75, 3.05) is 13.7 Å². The number of nitrogens with one attached hydrogen (secondary N) is 1. The predicted molar refractivity (Wildman–Crippen MR) is 104 cm³/mol. The summed E-state index contributed by atoms with van der Waals surface area (Å²) in [5.41, 5.74) is 1.05. The average molecular weight is 366 g/mol. The van der Waals surface area contributed by atoms with Crippen LogP contribution in [0.1, 0.15) is 30.9 Å². The highest BCUT2D eigenvalue weighted by atomic mass is 16.5.